The summed E-state index contributed by atoms with van der Waals surface area (Å²) in [6, 6.07) is -0.0947. The minimum atomic E-state index is -0.0947. The van der Waals surface area contributed by atoms with Crippen molar-refractivity contribution < 1.29 is 4.52 Å². The van der Waals surface area contributed by atoms with Crippen molar-refractivity contribution in [2.75, 3.05) is 0 Å². The molecule has 0 saturated heterocycles. The van der Waals surface area contributed by atoms with Gasteiger partial charge < -0.3 is 10.3 Å². The van der Waals surface area contributed by atoms with Crippen molar-refractivity contribution in [1.82, 2.24) is 10.1 Å². The maximum absolute atomic E-state index is 6.01. The van der Waals surface area contributed by atoms with E-state index in [4.69, 9.17) is 10.3 Å². The molecule has 0 bridgehead atoms. The first kappa shape index (κ1) is 14.5. The number of hydrogen-bond donors (Lipinski definition) is 1. The van der Waals surface area contributed by atoms with E-state index in [0.717, 1.165) is 24.6 Å². The summed E-state index contributed by atoms with van der Waals surface area (Å²) in [5.74, 6) is 2.90. The van der Waals surface area contributed by atoms with Gasteiger partial charge in [-0.1, -0.05) is 38.3 Å². The third kappa shape index (κ3) is 3.78. The SMILES string of the molecule is CCCC1CCC(c2noc([C@H](N)CCC)n2)CC1. The van der Waals surface area contributed by atoms with Crippen LogP contribution in [0.4, 0.5) is 0 Å². The smallest absolute Gasteiger partial charge is 0.243 e. The van der Waals surface area contributed by atoms with Crippen LogP contribution in [-0.2, 0) is 0 Å². The highest BCUT2D eigenvalue weighted by molar-refractivity contribution is 4.99. The highest BCUT2D eigenvalue weighted by Gasteiger charge is 2.26. The summed E-state index contributed by atoms with van der Waals surface area (Å²) in [5, 5.41) is 4.15. The Morgan fingerprint density at radius 1 is 1.21 bits per heavy atom. The van der Waals surface area contributed by atoms with Gasteiger partial charge in [-0.25, -0.2) is 0 Å². The van der Waals surface area contributed by atoms with E-state index in [1.54, 1.807) is 0 Å². The molecule has 0 amide bonds. The molecule has 19 heavy (non-hydrogen) atoms. The Bertz CT molecular complexity index is 369. The summed E-state index contributed by atoms with van der Waals surface area (Å²) in [4.78, 5) is 4.52. The molecule has 0 unspecified atom stereocenters. The Labute approximate surface area is 116 Å². The fraction of sp³-hybridized carbons (Fsp3) is 0.867. The standard InChI is InChI=1S/C15H27N3O/c1-3-5-11-7-9-12(10-8-11)14-17-15(19-18-14)13(16)6-4-2/h11-13H,3-10,16H2,1-2H3/t11?,12?,13-/m1/s1. The number of aromatic nitrogens is 2. The van der Waals surface area contributed by atoms with E-state index in [1.165, 1.54) is 38.5 Å². The first-order valence-corrected chi connectivity index (χ1v) is 7.83. The zero-order chi connectivity index (χ0) is 13.7. The van der Waals surface area contributed by atoms with Gasteiger partial charge in [-0.2, -0.15) is 4.98 Å². The second-order valence-corrected chi connectivity index (χ2v) is 5.89. The van der Waals surface area contributed by atoms with Gasteiger partial charge in [-0.15, -0.1) is 0 Å². The number of hydrogen-bond acceptors (Lipinski definition) is 4. The molecule has 0 aliphatic heterocycles. The second-order valence-electron chi connectivity index (χ2n) is 5.89. The van der Waals surface area contributed by atoms with Gasteiger partial charge in [0.15, 0.2) is 5.82 Å². The molecular weight excluding hydrogens is 238 g/mol. The lowest BCUT2D eigenvalue weighted by Gasteiger charge is -2.26. The zero-order valence-corrected chi connectivity index (χ0v) is 12.3. The van der Waals surface area contributed by atoms with Crippen molar-refractivity contribution in [2.45, 2.75) is 77.2 Å². The third-order valence-corrected chi connectivity index (χ3v) is 4.28. The minimum absolute atomic E-state index is 0.0947. The van der Waals surface area contributed by atoms with Crippen molar-refractivity contribution in [1.29, 1.82) is 0 Å². The van der Waals surface area contributed by atoms with Crippen LogP contribution in [-0.4, -0.2) is 10.1 Å². The van der Waals surface area contributed by atoms with Crippen molar-refractivity contribution in [3.8, 4) is 0 Å². The Hall–Kier alpha value is -0.900. The molecule has 1 aromatic rings. The van der Waals surface area contributed by atoms with E-state index in [9.17, 15) is 0 Å². The lowest BCUT2D eigenvalue weighted by atomic mass is 9.80. The molecular formula is C15H27N3O. The van der Waals surface area contributed by atoms with Crippen molar-refractivity contribution in [3.63, 3.8) is 0 Å². The molecule has 2 N–H and O–H groups in total. The Balaban J connectivity index is 1.89. The lowest BCUT2D eigenvalue weighted by Crippen LogP contribution is -2.15. The molecule has 1 aliphatic rings. The van der Waals surface area contributed by atoms with Crippen molar-refractivity contribution in [3.05, 3.63) is 11.7 Å². The summed E-state index contributed by atoms with van der Waals surface area (Å²) >= 11 is 0. The molecule has 1 heterocycles. The molecule has 4 nitrogen and oxygen atoms in total. The number of nitrogens with zero attached hydrogens (tertiary/aromatic N) is 2. The third-order valence-electron chi connectivity index (χ3n) is 4.28. The van der Waals surface area contributed by atoms with Crippen LogP contribution < -0.4 is 5.73 Å². The predicted molar refractivity (Wildman–Crippen MR) is 75.7 cm³/mol. The monoisotopic (exact) mass is 265 g/mol. The first-order valence-electron chi connectivity index (χ1n) is 7.83. The van der Waals surface area contributed by atoms with Crippen LogP contribution in [0.1, 0.15) is 88.9 Å². The highest BCUT2D eigenvalue weighted by Crippen LogP contribution is 2.36. The Kier molecular flexibility index (Phi) is 5.37. The molecule has 1 fully saturated rings. The van der Waals surface area contributed by atoms with E-state index in [2.05, 4.69) is 24.0 Å². The summed E-state index contributed by atoms with van der Waals surface area (Å²) in [7, 11) is 0. The average molecular weight is 265 g/mol. The summed E-state index contributed by atoms with van der Waals surface area (Å²) < 4.78 is 5.32. The van der Waals surface area contributed by atoms with Crippen molar-refractivity contribution >= 4 is 0 Å². The molecule has 2 rings (SSSR count). The van der Waals surface area contributed by atoms with Crippen LogP contribution in [0.5, 0.6) is 0 Å². The topological polar surface area (TPSA) is 64.9 Å². The van der Waals surface area contributed by atoms with Gasteiger partial charge in [0.1, 0.15) is 0 Å². The van der Waals surface area contributed by atoms with Crippen molar-refractivity contribution in [2.24, 2.45) is 11.7 Å². The largest absolute Gasteiger partial charge is 0.338 e. The van der Waals surface area contributed by atoms with Gasteiger partial charge in [-0.05, 0) is 38.0 Å². The van der Waals surface area contributed by atoms with Crippen LogP contribution in [0.25, 0.3) is 0 Å². The molecule has 0 spiro atoms. The number of nitrogens with two attached hydrogens (primary N) is 1. The first-order chi connectivity index (χ1) is 9.24. The van der Waals surface area contributed by atoms with Crippen LogP contribution in [0.15, 0.2) is 4.52 Å². The van der Waals surface area contributed by atoms with E-state index in [1.807, 2.05) is 0 Å². The molecule has 1 aromatic heterocycles. The van der Waals surface area contributed by atoms with Gasteiger partial charge >= 0.3 is 0 Å². The van der Waals surface area contributed by atoms with E-state index in [-0.39, 0.29) is 6.04 Å². The average Bonchev–Trinajstić information content (AvgIpc) is 2.90. The molecule has 0 aromatic carbocycles. The molecule has 0 radical (unpaired) electrons. The minimum Gasteiger partial charge on any atom is -0.338 e. The fourth-order valence-electron chi connectivity index (χ4n) is 3.12. The molecule has 108 valence electrons. The second kappa shape index (κ2) is 7.04. The van der Waals surface area contributed by atoms with E-state index >= 15 is 0 Å². The van der Waals surface area contributed by atoms with E-state index in [0.29, 0.717) is 11.8 Å². The van der Waals surface area contributed by atoms with Crippen LogP contribution in [0.2, 0.25) is 0 Å². The highest BCUT2D eigenvalue weighted by atomic mass is 16.5. The number of rotatable bonds is 6. The zero-order valence-electron chi connectivity index (χ0n) is 12.3. The maximum Gasteiger partial charge on any atom is 0.243 e. The lowest BCUT2D eigenvalue weighted by molar-refractivity contribution is 0.293. The summed E-state index contributed by atoms with van der Waals surface area (Å²) in [6.45, 7) is 4.39. The van der Waals surface area contributed by atoms with Crippen LogP contribution in [0, 0.1) is 5.92 Å². The molecule has 1 saturated carbocycles. The van der Waals surface area contributed by atoms with Gasteiger partial charge in [0.2, 0.25) is 5.89 Å². The van der Waals surface area contributed by atoms with Crippen LogP contribution >= 0.6 is 0 Å². The molecule has 4 heteroatoms. The molecule has 1 atom stereocenters. The van der Waals surface area contributed by atoms with Gasteiger partial charge in [0.25, 0.3) is 0 Å². The van der Waals surface area contributed by atoms with Gasteiger partial charge in [-0.3, -0.25) is 0 Å². The van der Waals surface area contributed by atoms with Gasteiger partial charge in [0.05, 0.1) is 6.04 Å². The van der Waals surface area contributed by atoms with E-state index < -0.39 is 0 Å². The molecule has 1 aliphatic carbocycles. The fourth-order valence-corrected chi connectivity index (χ4v) is 3.12. The maximum atomic E-state index is 6.01. The summed E-state index contributed by atoms with van der Waals surface area (Å²) in [5.41, 5.74) is 6.01. The Morgan fingerprint density at radius 3 is 2.58 bits per heavy atom. The predicted octanol–water partition coefficient (Wildman–Crippen LogP) is 3.94. The van der Waals surface area contributed by atoms with Crippen LogP contribution in [0.3, 0.4) is 0 Å². The van der Waals surface area contributed by atoms with Gasteiger partial charge in [0, 0.05) is 5.92 Å². The Morgan fingerprint density at radius 2 is 1.95 bits per heavy atom. The summed E-state index contributed by atoms with van der Waals surface area (Å²) in [6.07, 6.45) is 9.64. The quantitative estimate of drug-likeness (QED) is 0.846. The normalized spacial score (nSPS) is 25.4.